The molecule has 1 heterocycles. The molecule has 3 rings (SSSR count). The normalized spacial score (nSPS) is 9.12. The molecule has 0 aliphatic carbocycles. The number of allylic oxidation sites excluding steroid dienone is 4. The first-order valence-electron chi connectivity index (χ1n) is 13.6. The monoisotopic (exact) mass is 785 g/mol. The smallest absolute Gasteiger partial charge is 0.345 e. The van der Waals surface area contributed by atoms with Crippen LogP contribution in [0.2, 0.25) is 0 Å². The number of carbonyl (C=O) groups is 3. The summed E-state index contributed by atoms with van der Waals surface area (Å²) in [5, 5.41) is 0. The van der Waals surface area contributed by atoms with Crippen LogP contribution in [-0.4, -0.2) is 23.2 Å². The van der Waals surface area contributed by atoms with Gasteiger partial charge in [-0.2, -0.15) is 0 Å². The van der Waals surface area contributed by atoms with Gasteiger partial charge in [0.15, 0.2) is 0 Å². The van der Waals surface area contributed by atoms with E-state index < -0.39 is 11.9 Å². The van der Waals surface area contributed by atoms with E-state index in [-0.39, 0.29) is 42.7 Å². The predicted octanol–water partition coefficient (Wildman–Crippen LogP) is 8.84. The van der Waals surface area contributed by atoms with E-state index in [1.807, 2.05) is 99.6 Å². The largest absolute Gasteiger partial charge is 0.421 e. The Morgan fingerprint density at radius 3 is 1.78 bits per heavy atom. The Morgan fingerprint density at radius 2 is 1.29 bits per heavy atom. The van der Waals surface area contributed by atoms with Gasteiger partial charge in [0.2, 0.25) is 5.88 Å². The fourth-order valence-electron chi connectivity index (χ4n) is 2.76. The Bertz CT molecular complexity index is 1180. The number of hydrogen-bond acceptors (Lipinski definition) is 6. The minimum atomic E-state index is -0.482. The number of aryl methyl sites for hydroxylation is 3. The number of carbonyl (C=O) groups excluding carboxylic acids is 3. The van der Waals surface area contributed by atoms with Crippen LogP contribution in [0.25, 0.3) is 0 Å². The van der Waals surface area contributed by atoms with E-state index in [9.17, 15) is 14.4 Å². The summed E-state index contributed by atoms with van der Waals surface area (Å²) < 4.78 is 10.6. The summed E-state index contributed by atoms with van der Waals surface area (Å²) in [5.74, 6) is -0.553. The van der Waals surface area contributed by atoms with Gasteiger partial charge in [-0.3, -0.25) is 4.79 Å². The minimum Gasteiger partial charge on any atom is -0.421 e. The Hall–Kier alpha value is -3.27. The van der Waals surface area contributed by atoms with Crippen molar-refractivity contribution in [2.24, 2.45) is 0 Å². The Kier molecular flexibility index (Phi) is 27.7. The average molecular weight is 786 g/mol. The van der Waals surface area contributed by atoms with Gasteiger partial charge in [-0.25, -0.2) is 14.6 Å². The molecule has 0 saturated carbocycles. The summed E-state index contributed by atoms with van der Waals surface area (Å²) in [6.45, 7) is 19.7. The van der Waals surface area contributed by atoms with Gasteiger partial charge in [-0.15, -0.1) is 0 Å². The van der Waals surface area contributed by atoms with Crippen LogP contribution in [0, 0.1) is 51.9 Å². The first kappa shape index (κ1) is 42.2. The van der Waals surface area contributed by atoms with Crippen molar-refractivity contribution in [1.29, 1.82) is 0 Å². The molecule has 0 fully saturated rings. The van der Waals surface area contributed by atoms with Gasteiger partial charge in [0.25, 0.3) is 0 Å². The summed E-state index contributed by atoms with van der Waals surface area (Å²) >= 11 is 0. The number of aldehydes is 1. The number of pyridine rings is 1. The van der Waals surface area contributed by atoms with Crippen LogP contribution in [0.3, 0.4) is 0 Å². The van der Waals surface area contributed by atoms with Crippen LogP contribution in [-0.2, 0) is 4.79 Å². The maximum absolute atomic E-state index is 12.3. The number of esters is 2. The summed E-state index contributed by atoms with van der Waals surface area (Å²) in [4.78, 5) is 38.0. The van der Waals surface area contributed by atoms with E-state index in [0.29, 0.717) is 11.1 Å². The molecule has 0 amide bonds. The van der Waals surface area contributed by atoms with Crippen LogP contribution in [0.5, 0.6) is 11.6 Å². The third-order valence-corrected chi connectivity index (χ3v) is 4.50. The third kappa shape index (κ3) is 17.9. The molecule has 220 valence electrons. The maximum atomic E-state index is 12.3. The summed E-state index contributed by atoms with van der Waals surface area (Å²) in [6, 6.07) is 15.6. The molecule has 0 N–H and O–H groups in total. The molecule has 41 heavy (non-hydrogen) atoms. The summed E-state index contributed by atoms with van der Waals surface area (Å²) in [5.41, 5.74) is 3.90. The van der Waals surface area contributed by atoms with Crippen molar-refractivity contribution in [3.8, 4) is 11.6 Å². The number of hydrogen-bond donors (Lipinski definition) is 0. The molecule has 0 spiro atoms. The van der Waals surface area contributed by atoms with Crippen molar-refractivity contribution in [3.05, 3.63) is 113 Å². The molecule has 6 nitrogen and oxygen atoms in total. The van der Waals surface area contributed by atoms with Crippen LogP contribution >= 0.6 is 0 Å². The molecule has 3 aromatic rings. The van der Waals surface area contributed by atoms with Crippen molar-refractivity contribution in [2.75, 3.05) is 0 Å². The predicted molar refractivity (Wildman–Crippen MR) is 165 cm³/mol. The molecule has 2 aromatic carbocycles. The molecule has 0 aliphatic heterocycles. The third-order valence-electron chi connectivity index (χ3n) is 4.50. The van der Waals surface area contributed by atoms with Gasteiger partial charge in [-0.1, -0.05) is 95.2 Å². The van der Waals surface area contributed by atoms with Gasteiger partial charge < -0.3 is 9.47 Å². The van der Waals surface area contributed by atoms with E-state index in [2.05, 4.69) is 4.98 Å². The van der Waals surface area contributed by atoms with Crippen molar-refractivity contribution in [1.82, 2.24) is 4.98 Å². The first-order valence-corrected chi connectivity index (χ1v) is 13.6. The van der Waals surface area contributed by atoms with Crippen molar-refractivity contribution in [3.63, 3.8) is 0 Å². The zero-order chi connectivity index (χ0) is 30.9. The molecular weight excluding hydrogens is 740 g/mol. The summed E-state index contributed by atoms with van der Waals surface area (Å²) in [7, 11) is 0. The van der Waals surface area contributed by atoms with Crippen molar-refractivity contribution in [2.45, 2.75) is 69.2 Å². The van der Waals surface area contributed by atoms with Gasteiger partial charge >= 0.3 is 11.9 Å². The van der Waals surface area contributed by atoms with Gasteiger partial charge in [0.05, 0.1) is 17.3 Å². The SMILES string of the molecule is C/C=C/C=C/C=O.CC.CC.CC.Cc1ccc(C(=O)Oc2ccc(OC(=O)c3ccc(C)cc3C)nc2)cc1.[U]. The molecule has 0 aliphatic rings. The second-order valence-electron chi connectivity index (χ2n) is 7.34. The van der Waals surface area contributed by atoms with E-state index in [0.717, 1.165) is 23.0 Å². The molecular formula is C34H45NO5U. The second kappa shape index (κ2) is 26.9. The molecule has 0 bridgehead atoms. The maximum Gasteiger partial charge on any atom is 0.345 e. The number of benzene rings is 2. The Labute approximate surface area is 270 Å². The van der Waals surface area contributed by atoms with Gasteiger partial charge in [-0.05, 0) is 63.6 Å². The molecule has 7 heteroatoms. The second-order valence-corrected chi connectivity index (χ2v) is 7.34. The Morgan fingerprint density at radius 1 is 0.707 bits per heavy atom. The zero-order valence-corrected chi connectivity index (χ0v) is 30.3. The van der Waals surface area contributed by atoms with Crippen LogP contribution in [0.15, 0.2) is 85.1 Å². The van der Waals surface area contributed by atoms with Crippen LogP contribution in [0.1, 0.15) is 85.9 Å². The minimum absolute atomic E-state index is 0. The zero-order valence-electron chi connectivity index (χ0n) is 26.1. The topological polar surface area (TPSA) is 82.6 Å². The fraction of sp³-hybridized carbons (Fsp3) is 0.294. The van der Waals surface area contributed by atoms with Gasteiger partial charge in [0.1, 0.15) is 12.0 Å². The van der Waals surface area contributed by atoms with Crippen molar-refractivity contribution >= 4 is 18.2 Å². The fourth-order valence-corrected chi connectivity index (χ4v) is 2.76. The number of nitrogens with zero attached hydrogens (tertiary/aromatic N) is 1. The molecule has 0 atom stereocenters. The number of aromatic nitrogens is 1. The van der Waals surface area contributed by atoms with E-state index in [1.165, 1.54) is 24.4 Å². The average Bonchev–Trinajstić information content (AvgIpc) is 2.98. The van der Waals surface area contributed by atoms with Crippen LogP contribution < -0.4 is 9.47 Å². The Balaban J connectivity index is -0.000000883. The molecule has 0 saturated heterocycles. The van der Waals surface area contributed by atoms with Crippen LogP contribution in [0.4, 0.5) is 0 Å². The van der Waals surface area contributed by atoms with E-state index in [4.69, 9.17) is 9.47 Å². The first-order chi connectivity index (χ1) is 19.3. The number of rotatable bonds is 6. The van der Waals surface area contributed by atoms with E-state index in [1.54, 1.807) is 30.4 Å². The quantitative estimate of drug-likeness (QED) is 0.108. The van der Waals surface area contributed by atoms with E-state index >= 15 is 0 Å². The summed E-state index contributed by atoms with van der Waals surface area (Å²) in [6.07, 6.45) is 8.89. The van der Waals surface area contributed by atoms with Crippen molar-refractivity contribution < 1.29 is 55.0 Å². The molecule has 1 aromatic heterocycles. The molecule has 0 unspecified atom stereocenters. The van der Waals surface area contributed by atoms with Gasteiger partial charge in [0, 0.05) is 37.2 Å². The standard InChI is InChI=1S/C22H19NO4.C6H8O.3C2H6.U/c1-14-4-7-17(8-5-14)21(24)26-18-9-11-20(23-13-18)27-22(25)19-10-6-15(2)12-16(19)3;1-2-3-4-5-6-7;3*1-2;/h4-13H,1-3H3;2-6H,1H3;3*1-2H3;/b;3-2+,5-4+;;;;. The molecule has 0 radical (unpaired) electrons. The number of ether oxygens (including phenoxy) is 2.